The fourth-order valence-electron chi connectivity index (χ4n) is 1.48. The number of likely N-dealkylation sites (N-methyl/N-ethyl adjacent to an activating group) is 1. The molecule has 0 unspecified atom stereocenters. The molecule has 106 valence electrons. The molecule has 0 radical (unpaired) electrons. The third-order valence-corrected chi connectivity index (χ3v) is 2.75. The van der Waals surface area contributed by atoms with Gasteiger partial charge in [-0.05, 0) is 36.8 Å². The van der Waals surface area contributed by atoms with Crippen LogP contribution in [-0.4, -0.2) is 35.1 Å². The van der Waals surface area contributed by atoms with Crippen molar-refractivity contribution in [1.82, 2.24) is 20.3 Å². The van der Waals surface area contributed by atoms with E-state index in [1.165, 1.54) is 0 Å². The van der Waals surface area contributed by atoms with Gasteiger partial charge in [-0.3, -0.25) is 0 Å². The molecule has 2 aromatic rings. The summed E-state index contributed by atoms with van der Waals surface area (Å²) in [4.78, 5) is 12.3. The fraction of sp³-hybridized carbons (Fsp3) is 0.250. The largest absolute Gasteiger partial charge is 0.353 e. The summed E-state index contributed by atoms with van der Waals surface area (Å²) in [6, 6.07) is 7.25. The molecule has 0 spiro atoms. The summed E-state index contributed by atoms with van der Waals surface area (Å²) >= 11 is 11.8. The predicted octanol–water partition coefficient (Wildman–Crippen LogP) is 2.55. The molecule has 3 N–H and O–H groups in total. The van der Waals surface area contributed by atoms with Crippen LogP contribution in [0.3, 0.4) is 0 Å². The lowest BCUT2D eigenvalue weighted by molar-refractivity contribution is 0.816. The molecule has 0 saturated heterocycles. The van der Waals surface area contributed by atoms with Crippen molar-refractivity contribution in [2.45, 2.75) is 0 Å². The molecule has 0 aliphatic rings. The number of halogens is 2. The third kappa shape index (κ3) is 4.48. The van der Waals surface area contributed by atoms with Crippen LogP contribution >= 0.6 is 23.2 Å². The van der Waals surface area contributed by atoms with Gasteiger partial charge < -0.3 is 16.0 Å². The van der Waals surface area contributed by atoms with Gasteiger partial charge in [0.15, 0.2) is 0 Å². The number of rotatable bonds is 6. The molecule has 0 saturated carbocycles. The second-order valence-corrected chi connectivity index (χ2v) is 4.69. The maximum atomic E-state index is 5.92. The van der Waals surface area contributed by atoms with Crippen molar-refractivity contribution in [2.75, 3.05) is 30.8 Å². The first-order valence-corrected chi connectivity index (χ1v) is 6.75. The molecule has 1 heterocycles. The molecule has 0 bridgehead atoms. The zero-order valence-electron chi connectivity index (χ0n) is 10.8. The van der Waals surface area contributed by atoms with Crippen molar-refractivity contribution in [3.63, 3.8) is 0 Å². The minimum absolute atomic E-state index is 0.122. The van der Waals surface area contributed by atoms with E-state index in [0.29, 0.717) is 23.5 Å². The van der Waals surface area contributed by atoms with Gasteiger partial charge in [0, 0.05) is 23.8 Å². The number of hydrogen-bond acceptors (Lipinski definition) is 6. The monoisotopic (exact) mass is 312 g/mol. The molecule has 1 aromatic carbocycles. The van der Waals surface area contributed by atoms with Gasteiger partial charge in [-0.15, -0.1) is 0 Å². The number of benzene rings is 1. The zero-order chi connectivity index (χ0) is 14.4. The van der Waals surface area contributed by atoms with Gasteiger partial charge in [-0.1, -0.05) is 17.7 Å². The van der Waals surface area contributed by atoms with Crippen LogP contribution in [0.2, 0.25) is 10.3 Å². The Kier molecular flexibility index (Phi) is 5.34. The van der Waals surface area contributed by atoms with Crippen LogP contribution in [0, 0.1) is 0 Å². The quantitative estimate of drug-likeness (QED) is 0.712. The number of anilines is 3. The van der Waals surface area contributed by atoms with E-state index in [1.807, 2.05) is 19.2 Å². The van der Waals surface area contributed by atoms with Crippen LogP contribution < -0.4 is 16.0 Å². The summed E-state index contributed by atoms with van der Waals surface area (Å²) in [5.74, 6) is 0.781. The molecule has 0 atom stereocenters. The lowest BCUT2D eigenvalue weighted by atomic mass is 10.3. The van der Waals surface area contributed by atoms with Gasteiger partial charge in [0.1, 0.15) is 0 Å². The fourth-order valence-corrected chi connectivity index (χ4v) is 1.83. The first-order valence-electron chi connectivity index (χ1n) is 6.00. The van der Waals surface area contributed by atoms with Crippen LogP contribution in [0.1, 0.15) is 0 Å². The van der Waals surface area contributed by atoms with Crippen molar-refractivity contribution in [2.24, 2.45) is 0 Å². The number of nitrogens with zero attached hydrogens (tertiary/aromatic N) is 3. The van der Waals surface area contributed by atoms with E-state index in [0.717, 1.165) is 12.2 Å². The number of aromatic nitrogens is 3. The van der Waals surface area contributed by atoms with Gasteiger partial charge in [-0.2, -0.15) is 15.0 Å². The van der Waals surface area contributed by atoms with Crippen molar-refractivity contribution in [3.8, 4) is 0 Å². The Balaban J connectivity index is 2.11. The van der Waals surface area contributed by atoms with E-state index < -0.39 is 0 Å². The second kappa shape index (κ2) is 7.23. The topological polar surface area (TPSA) is 74.8 Å². The average Bonchev–Trinajstić information content (AvgIpc) is 2.38. The SMILES string of the molecule is CNCCNc1nc(Cl)nc(Nc2cccc(Cl)c2)n1. The molecule has 0 aliphatic carbocycles. The van der Waals surface area contributed by atoms with Gasteiger partial charge in [0.05, 0.1) is 0 Å². The molecular weight excluding hydrogens is 299 g/mol. The molecule has 2 rings (SSSR count). The normalized spacial score (nSPS) is 10.3. The highest BCUT2D eigenvalue weighted by atomic mass is 35.5. The Morgan fingerprint density at radius 2 is 1.85 bits per heavy atom. The lowest BCUT2D eigenvalue weighted by Crippen LogP contribution is -2.19. The van der Waals surface area contributed by atoms with Crippen LogP contribution in [-0.2, 0) is 0 Å². The number of nitrogens with one attached hydrogen (secondary N) is 3. The summed E-state index contributed by atoms with van der Waals surface area (Å²) in [6.07, 6.45) is 0. The first kappa shape index (κ1) is 14.8. The van der Waals surface area contributed by atoms with Crippen molar-refractivity contribution in [3.05, 3.63) is 34.6 Å². The van der Waals surface area contributed by atoms with E-state index >= 15 is 0 Å². The lowest BCUT2D eigenvalue weighted by Gasteiger charge is -2.08. The Bertz CT molecular complexity index is 578. The van der Waals surface area contributed by atoms with Crippen molar-refractivity contribution >= 4 is 40.8 Å². The van der Waals surface area contributed by atoms with Gasteiger partial charge in [0.2, 0.25) is 17.2 Å². The van der Waals surface area contributed by atoms with E-state index in [-0.39, 0.29) is 5.28 Å². The number of hydrogen-bond donors (Lipinski definition) is 3. The summed E-state index contributed by atoms with van der Waals surface area (Å²) in [6.45, 7) is 1.48. The molecule has 0 amide bonds. The first-order chi connectivity index (χ1) is 9.67. The average molecular weight is 313 g/mol. The Hall–Kier alpha value is -1.63. The molecule has 0 aliphatic heterocycles. The molecule has 6 nitrogen and oxygen atoms in total. The van der Waals surface area contributed by atoms with Crippen LogP contribution in [0.5, 0.6) is 0 Å². The van der Waals surface area contributed by atoms with Crippen LogP contribution in [0.4, 0.5) is 17.6 Å². The maximum absolute atomic E-state index is 5.92. The molecule has 8 heteroatoms. The summed E-state index contributed by atoms with van der Waals surface area (Å²) in [5, 5.41) is 9.84. The zero-order valence-corrected chi connectivity index (χ0v) is 12.3. The minimum atomic E-state index is 0.122. The standard InChI is InChI=1S/C12H14Cl2N6/c1-15-5-6-16-11-18-10(14)19-12(20-11)17-9-4-2-3-8(13)7-9/h2-4,7,15H,5-6H2,1H3,(H2,16,17,18,19,20). The molecule has 1 aromatic heterocycles. The molecule has 20 heavy (non-hydrogen) atoms. The predicted molar refractivity (Wildman–Crippen MR) is 82.0 cm³/mol. The highest BCUT2D eigenvalue weighted by Crippen LogP contribution is 2.19. The maximum Gasteiger partial charge on any atom is 0.233 e. The summed E-state index contributed by atoms with van der Waals surface area (Å²) < 4.78 is 0. The highest BCUT2D eigenvalue weighted by Gasteiger charge is 2.05. The second-order valence-electron chi connectivity index (χ2n) is 3.92. The summed E-state index contributed by atoms with van der Waals surface area (Å²) in [7, 11) is 1.87. The van der Waals surface area contributed by atoms with Gasteiger partial charge in [-0.25, -0.2) is 0 Å². The highest BCUT2D eigenvalue weighted by molar-refractivity contribution is 6.30. The van der Waals surface area contributed by atoms with Crippen LogP contribution in [0.15, 0.2) is 24.3 Å². The minimum Gasteiger partial charge on any atom is -0.353 e. The third-order valence-electron chi connectivity index (χ3n) is 2.35. The van der Waals surface area contributed by atoms with Gasteiger partial charge >= 0.3 is 0 Å². The van der Waals surface area contributed by atoms with Gasteiger partial charge in [0.25, 0.3) is 0 Å². The van der Waals surface area contributed by atoms with E-state index in [9.17, 15) is 0 Å². The molecule has 0 fully saturated rings. The Morgan fingerprint density at radius 3 is 2.60 bits per heavy atom. The van der Waals surface area contributed by atoms with E-state index in [2.05, 4.69) is 30.9 Å². The molecular formula is C12H14Cl2N6. The van der Waals surface area contributed by atoms with Crippen molar-refractivity contribution < 1.29 is 0 Å². The smallest absolute Gasteiger partial charge is 0.233 e. The van der Waals surface area contributed by atoms with Crippen LogP contribution in [0.25, 0.3) is 0 Å². The van der Waals surface area contributed by atoms with E-state index in [4.69, 9.17) is 23.2 Å². The van der Waals surface area contributed by atoms with Crippen molar-refractivity contribution in [1.29, 1.82) is 0 Å². The Labute approximate surface area is 126 Å². The van der Waals surface area contributed by atoms with E-state index in [1.54, 1.807) is 12.1 Å². The Morgan fingerprint density at radius 1 is 1.05 bits per heavy atom. The summed E-state index contributed by atoms with van der Waals surface area (Å²) in [5.41, 5.74) is 0.779.